The number of nitrogens with one attached hydrogen (secondary N) is 1. The first-order chi connectivity index (χ1) is 37.9. The summed E-state index contributed by atoms with van der Waals surface area (Å²) >= 11 is 0. The van der Waals surface area contributed by atoms with Gasteiger partial charge in [-0.2, -0.15) is 0 Å². The average Bonchev–Trinajstić information content (AvgIpc) is 3.64. The maximum atomic E-state index is 15.2. The van der Waals surface area contributed by atoms with Gasteiger partial charge in [-0.15, -0.1) is 0 Å². The molecule has 14 heteroatoms. The second-order valence-corrected chi connectivity index (χ2v) is 21.6. The number of benzene rings is 3. The minimum Gasteiger partial charge on any atom is -0.455 e. The number of fused-ring (bicyclic) bond motifs is 5. The van der Waals surface area contributed by atoms with Crippen molar-refractivity contribution in [1.29, 1.82) is 0 Å². The third-order valence-electron chi connectivity index (χ3n) is 16.3. The summed E-state index contributed by atoms with van der Waals surface area (Å²) in [5.41, 5.74) is -7.14. The lowest BCUT2D eigenvalue weighted by Crippen LogP contribution is -2.81. The van der Waals surface area contributed by atoms with E-state index in [1.54, 1.807) is 92.7 Å². The van der Waals surface area contributed by atoms with Crippen molar-refractivity contribution >= 4 is 29.6 Å². The van der Waals surface area contributed by atoms with Crippen LogP contribution in [0.5, 0.6) is 0 Å². The van der Waals surface area contributed by atoms with E-state index in [2.05, 4.69) is 66.9 Å². The van der Waals surface area contributed by atoms with Crippen LogP contribution in [0.2, 0.25) is 0 Å². The summed E-state index contributed by atoms with van der Waals surface area (Å²) in [5.74, 6) is -5.90. The van der Waals surface area contributed by atoms with Crippen molar-refractivity contribution in [3.05, 3.63) is 192 Å². The van der Waals surface area contributed by atoms with Gasteiger partial charge in [0.1, 0.15) is 35.6 Å². The number of aliphatic hydroxyl groups excluding tert-OH is 2. The van der Waals surface area contributed by atoms with Crippen LogP contribution in [-0.4, -0.2) is 104 Å². The Morgan fingerprint density at radius 1 is 0.722 bits per heavy atom. The predicted octanol–water partition coefficient (Wildman–Crippen LogP) is 9.62. The summed E-state index contributed by atoms with van der Waals surface area (Å²) in [7, 11) is 0. The van der Waals surface area contributed by atoms with Crippen LogP contribution in [0, 0.1) is 16.7 Å². The number of ketones is 1. The van der Waals surface area contributed by atoms with Gasteiger partial charge in [-0.1, -0.05) is 160 Å². The summed E-state index contributed by atoms with van der Waals surface area (Å²) in [6.07, 6.45) is 19.8. The highest BCUT2D eigenvalue weighted by molar-refractivity contribution is 5.95. The van der Waals surface area contributed by atoms with Gasteiger partial charge in [-0.05, 0) is 99.8 Å². The number of allylic oxidation sites excluding steroid dienone is 12. The monoisotopic (exact) mass is 1080 g/mol. The molecule has 7 rings (SSSR count). The van der Waals surface area contributed by atoms with Gasteiger partial charge in [0.05, 0.1) is 29.8 Å². The fraction of sp³-hybridized carbons (Fsp3) is 0.431. The van der Waals surface area contributed by atoms with Gasteiger partial charge in [-0.25, -0.2) is 9.59 Å². The van der Waals surface area contributed by atoms with E-state index in [0.717, 1.165) is 32.1 Å². The first-order valence-corrected chi connectivity index (χ1v) is 27.5. The topological polar surface area (TPSA) is 215 Å². The smallest absolute Gasteiger partial charge is 0.350 e. The van der Waals surface area contributed by atoms with E-state index < -0.39 is 107 Å². The van der Waals surface area contributed by atoms with Crippen LogP contribution in [0.1, 0.15) is 131 Å². The van der Waals surface area contributed by atoms with Crippen molar-refractivity contribution in [3.8, 4) is 0 Å². The van der Waals surface area contributed by atoms with E-state index in [9.17, 15) is 34.8 Å². The number of amides is 1. The molecule has 4 aliphatic rings. The standard InChI is InChI=1S/C65H77NO13/c1-6-7-8-9-10-11-12-13-14-15-16-17-18-19-20-21-22-23-33-40-51(68)78-55(53(45-34-27-24-28-35-45)66-59(71)46-36-29-25-30-37-46)61(73)77-48-42-65(75)58(79-60(72)47-38-31-26-32-39-47)56-63(5,49(67)41-50-64(56,74)43-76-50)57(70)54(69)52(44(48)2)62(65,3)4/h7-8,10-11,13-14,16-17,19-20,22-32,34-39,48-50,53-56,58,67,69,74-75H,6,9,12,15,18,21,33,40-43H2,1-5H3,(H,66,71)/b8-7-,11-10-,14-13-,17-16-,20-19-,23-22-. The van der Waals surface area contributed by atoms with Crippen LogP contribution in [0.15, 0.2) is 175 Å². The van der Waals surface area contributed by atoms with Crippen molar-refractivity contribution in [2.45, 2.75) is 153 Å². The van der Waals surface area contributed by atoms with Gasteiger partial charge in [0, 0.05) is 36.2 Å². The molecule has 3 aliphatic carbocycles. The predicted molar refractivity (Wildman–Crippen MR) is 300 cm³/mol. The zero-order valence-electron chi connectivity index (χ0n) is 45.9. The quantitative estimate of drug-likeness (QED) is 0.0340. The Kier molecular flexibility index (Phi) is 20.4. The van der Waals surface area contributed by atoms with Crippen molar-refractivity contribution in [2.24, 2.45) is 16.7 Å². The van der Waals surface area contributed by atoms with Gasteiger partial charge in [0.25, 0.3) is 5.91 Å². The third kappa shape index (κ3) is 13.3. The van der Waals surface area contributed by atoms with Crippen LogP contribution in [0.3, 0.4) is 0 Å². The molecule has 3 aromatic rings. The minimum atomic E-state index is -2.37. The molecule has 3 aromatic carbocycles. The molecule has 1 saturated heterocycles. The van der Waals surface area contributed by atoms with E-state index in [4.69, 9.17) is 18.9 Å². The molecule has 0 aromatic heterocycles. The molecule has 2 bridgehead atoms. The molecule has 79 heavy (non-hydrogen) atoms. The number of rotatable bonds is 23. The number of hydrogen-bond donors (Lipinski definition) is 5. The van der Waals surface area contributed by atoms with Crippen LogP contribution in [0.25, 0.3) is 0 Å². The van der Waals surface area contributed by atoms with E-state index in [-0.39, 0.29) is 48.1 Å². The fourth-order valence-corrected chi connectivity index (χ4v) is 11.7. The van der Waals surface area contributed by atoms with Crippen molar-refractivity contribution in [1.82, 2.24) is 5.32 Å². The molecule has 5 N–H and O–H groups in total. The van der Waals surface area contributed by atoms with Crippen molar-refractivity contribution < 1.29 is 63.3 Å². The lowest BCUT2D eigenvalue weighted by atomic mass is 9.44. The Morgan fingerprint density at radius 3 is 1.77 bits per heavy atom. The first kappa shape index (κ1) is 59.8. The van der Waals surface area contributed by atoms with Crippen LogP contribution >= 0.6 is 0 Å². The SMILES string of the molecule is CC/C=C\C/C=C\C/C=C\C/C=C\C/C=C\C/C=C\CCC(=O)OC(C(=O)OC1CC2(O)C(OC(=O)c3ccccc3)C3C4(O)COC4CC(O)C3(C)C(=O)C(O)C(=C1C)C2(C)C)C(NC(=O)c1ccccc1)c1ccccc1. The molecule has 1 aliphatic heterocycles. The van der Waals surface area contributed by atoms with Gasteiger partial charge in [0.15, 0.2) is 5.78 Å². The van der Waals surface area contributed by atoms with Crippen LogP contribution < -0.4 is 5.32 Å². The average molecular weight is 1080 g/mol. The highest BCUT2D eigenvalue weighted by Gasteiger charge is 2.76. The van der Waals surface area contributed by atoms with Crippen molar-refractivity contribution in [2.75, 3.05) is 6.61 Å². The summed E-state index contributed by atoms with van der Waals surface area (Å²) < 4.78 is 24.5. The maximum absolute atomic E-state index is 15.2. The lowest BCUT2D eigenvalue weighted by molar-refractivity contribution is -0.343. The van der Waals surface area contributed by atoms with E-state index >= 15 is 9.59 Å². The fourth-order valence-electron chi connectivity index (χ4n) is 11.7. The number of carbonyl (C=O) groups excluding carboxylic acids is 5. The lowest BCUT2D eigenvalue weighted by Gasteiger charge is -2.66. The molecular weight excluding hydrogens is 1000 g/mol. The summed E-state index contributed by atoms with van der Waals surface area (Å²) in [6, 6.07) is 23.3. The number of ether oxygens (including phenoxy) is 4. The molecule has 11 unspecified atom stereocenters. The largest absolute Gasteiger partial charge is 0.455 e. The van der Waals surface area contributed by atoms with Gasteiger partial charge >= 0.3 is 17.9 Å². The van der Waals surface area contributed by atoms with E-state index in [1.165, 1.54) is 26.0 Å². The Balaban J connectivity index is 1.15. The zero-order valence-corrected chi connectivity index (χ0v) is 45.9. The van der Waals surface area contributed by atoms with Crippen LogP contribution in [0.4, 0.5) is 0 Å². The Bertz CT molecular complexity index is 2820. The number of carbonyl (C=O) groups is 5. The second kappa shape index (κ2) is 26.9. The first-order valence-electron chi connectivity index (χ1n) is 27.5. The minimum absolute atomic E-state index is 0.0578. The summed E-state index contributed by atoms with van der Waals surface area (Å²) in [4.78, 5) is 72.5. The van der Waals surface area contributed by atoms with Gasteiger partial charge in [-0.3, -0.25) is 14.4 Å². The number of esters is 3. The Labute approximate surface area is 464 Å². The van der Waals surface area contributed by atoms with Gasteiger partial charge in [0.2, 0.25) is 6.10 Å². The molecular formula is C65H77NO13. The van der Waals surface area contributed by atoms with E-state index in [1.807, 2.05) is 18.2 Å². The van der Waals surface area contributed by atoms with Crippen molar-refractivity contribution in [3.63, 3.8) is 0 Å². The molecule has 3 fully saturated rings. The molecule has 1 amide bonds. The number of Topliss-reactive ketones (excluding diaryl/α,β-unsaturated/α-hetero) is 1. The Hall–Kier alpha value is -6.81. The van der Waals surface area contributed by atoms with Crippen LogP contribution in [-0.2, 0) is 33.3 Å². The Morgan fingerprint density at radius 2 is 1.24 bits per heavy atom. The molecule has 0 spiro atoms. The molecule has 420 valence electrons. The molecule has 2 saturated carbocycles. The zero-order chi connectivity index (χ0) is 56.8. The normalized spacial score (nSPS) is 28.3. The summed E-state index contributed by atoms with van der Waals surface area (Å²) in [5, 5.41) is 53.4. The highest BCUT2D eigenvalue weighted by Crippen LogP contribution is 2.63. The maximum Gasteiger partial charge on any atom is 0.350 e. The second-order valence-electron chi connectivity index (χ2n) is 21.6. The third-order valence-corrected chi connectivity index (χ3v) is 16.3. The van der Waals surface area contributed by atoms with E-state index in [0.29, 0.717) is 12.0 Å². The molecule has 1 heterocycles. The molecule has 0 radical (unpaired) electrons. The molecule has 11 atom stereocenters. The summed E-state index contributed by atoms with van der Waals surface area (Å²) in [6.45, 7) is 7.85. The van der Waals surface area contributed by atoms with Gasteiger partial charge < -0.3 is 44.7 Å². The number of aliphatic hydroxyl groups is 4. The molecule has 14 nitrogen and oxygen atoms in total. The highest BCUT2D eigenvalue weighted by atomic mass is 16.6. The number of hydrogen-bond acceptors (Lipinski definition) is 13.